The largest absolute Gasteiger partial charge is 0.381 e. The number of hydrogen-bond acceptors (Lipinski definition) is 4. The molecule has 0 spiro atoms. The average Bonchev–Trinajstić information content (AvgIpc) is 2.24. The monoisotopic (exact) mass is 252 g/mol. The minimum atomic E-state index is -2.49. The van der Waals surface area contributed by atoms with Crippen molar-refractivity contribution < 1.29 is 18.6 Å². The molecule has 0 rings (SSSR count). The highest BCUT2D eigenvalue weighted by atomic mass is 31.2. The van der Waals surface area contributed by atoms with Gasteiger partial charge in [0.1, 0.15) is 0 Å². The van der Waals surface area contributed by atoms with Gasteiger partial charge in [-0.3, -0.25) is 4.57 Å². The molecule has 0 bridgehead atoms. The van der Waals surface area contributed by atoms with Gasteiger partial charge in [0, 0.05) is 26.0 Å². The van der Waals surface area contributed by atoms with E-state index in [4.69, 9.17) is 14.0 Å². The van der Waals surface area contributed by atoms with Crippen LogP contribution in [-0.4, -0.2) is 45.9 Å². The van der Waals surface area contributed by atoms with Crippen molar-refractivity contribution in [3.63, 3.8) is 0 Å². The third-order valence-electron chi connectivity index (χ3n) is 1.93. The van der Waals surface area contributed by atoms with Gasteiger partial charge in [0.15, 0.2) is 0 Å². The van der Waals surface area contributed by atoms with Crippen LogP contribution in [-0.2, 0) is 18.6 Å². The Balaban J connectivity index is 3.43. The summed E-state index contributed by atoms with van der Waals surface area (Å²) in [4.78, 5) is 0. The quantitative estimate of drug-likeness (QED) is 0.419. The molecule has 0 aromatic carbocycles. The van der Waals surface area contributed by atoms with Crippen molar-refractivity contribution in [3.8, 4) is 0 Å². The normalized spacial score (nSPS) is 14.9. The topological polar surface area (TPSA) is 44.8 Å². The Hall–Kier alpha value is 0.110. The van der Waals surface area contributed by atoms with Crippen LogP contribution >= 0.6 is 7.37 Å². The van der Waals surface area contributed by atoms with E-state index < -0.39 is 7.37 Å². The van der Waals surface area contributed by atoms with Crippen molar-refractivity contribution >= 4 is 7.37 Å². The third kappa shape index (κ3) is 10.6. The summed E-state index contributed by atoms with van der Waals surface area (Å²) in [6, 6.07) is 0. The van der Waals surface area contributed by atoms with E-state index in [0.29, 0.717) is 26.0 Å². The van der Waals surface area contributed by atoms with E-state index in [1.54, 1.807) is 6.66 Å². The van der Waals surface area contributed by atoms with E-state index in [9.17, 15) is 4.57 Å². The van der Waals surface area contributed by atoms with Gasteiger partial charge in [-0.25, -0.2) is 0 Å². The van der Waals surface area contributed by atoms with Gasteiger partial charge in [-0.15, -0.1) is 0 Å². The first kappa shape index (κ1) is 16.1. The summed E-state index contributed by atoms with van der Waals surface area (Å²) in [7, 11) is -2.49. The lowest BCUT2D eigenvalue weighted by molar-refractivity contribution is 0.100. The van der Waals surface area contributed by atoms with Gasteiger partial charge in [-0.1, -0.05) is 13.8 Å². The van der Waals surface area contributed by atoms with Crippen molar-refractivity contribution in [2.45, 2.75) is 26.7 Å². The molecule has 0 aromatic heterocycles. The summed E-state index contributed by atoms with van der Waals surface area (Å²) >= 11 is 0. The first-order chi connectivity index (χ1) is 7.62. The predicted octanol–water partition coefficient (Wildman–Crippen LogP) is 2.76. The molecule has 0 saturated heterocycles. The van der Waals surface area contributed by atoms with Crippen LogP contribution in [0.15, 0.2) is 0 Å². The van der Waals surface area contributed by atoms with Crippen LogP contribution in [0.4, 0.5) is 0 Å². The molecule has 0 heterocycles. The Bertz CT molecular complexity index is 196. The van der Waals surface area contributed by atoms with Gasteiger partial charge < -0.3 is 14.0 Å². The molecule has 98 valence electrons. The zero-order chi connectivity index (χ0) is 12.3. The fourth-order valence-electron chi connectivity index (χ4n) is 1.08. The fraction of sp³-hybridized carbons (Fsp3) is 1.00. The highest BCUT2D eigenvalue weighted by Crippen LogP contribution is 2.41. The lowest BCUT2D eigenvalue weighted by Crippen LogP contribution is -2.07. The van der Waals surface area contributed by atoms with Crippen LogP contribution < -0.4 is 0 Å². The molecule has 0 fully saturated rings. The SMILES string of the molecule is CCCOCCOP(C)(=O)CCOCCC. The Kier molecular flexibility index (Phi) is 10.3. The van der Waals surface area contributed by atoms with Crippen molar-refractivity contribution in [1.82, 2.24) is 0 Å². The Morgan fingerprint density at radius 1 is 0.875 bits per heavy atom. The zero-order valence-electron chi connectivity index (χ0n) is 10.7. The zero-order valence-corrected chi connectivity index (χ0v) is 11.6. The average molecular weight is 252 g/mol. The summed E-state index contributed by atoms with van der Waals surface area (Å²) in [5.41, 5.74) is 0. The maximum absolute atomic E-state index is 11.9. The minimum absolute atomic E-state index is 0.404. The number of ether oxygens (including phenoxy) is 2. The van der Waals surface area contributed by atoms with E-state index in [1.807, 2.05) is 6.92 Å². The van der Waals surface area contributed by atoms with Crippen molar-refractivity contribution in [2.75, 3.05) is 45.9 Å². The van der Waals surface area contributed by atoms with Gasteiger partial charge in [0.25, 0.3) is 0 Å². The van der Waals surface area contributed by atoms with Crippen LogP contribution in [0.5, 0.6) is 0 Å². The molecule has 0 radical (unpaired) electrons. The highest BCUT2D eigenvalue weighted by molar-refractivity contribution is 7.58. The molecular weight excluding hydrogens is 227 g/mol. The van der Waals surface area contributed by atoms with E-state index in [-0.39, 0.29) is 0 Å². The smallest absolute Gasteiger partial charge is 0.202 e. The molecule has 1 atom stereocenters. The maximum Gasteiger partial charge on any atom is 0.202 e. The van der Waals surface area contributed by atoms with Crippen LogP contribution in [0, 0.1) is 0 Å². The number of hydrogen-bond donors (Lipinski definition) is 0. The minimum Gasteiger partial charge on any atom is -0.381 e. The Labute approximate surface area is 99.1 Å². The summed E-state index contributed by atoms with van der Waals surface area (Å²) < 4.78 is 27.7. The van der Waals surface area contributed by atoms with Gasteiger partial charge in [-0.05, 0) is 12.8 Å². The number of rotatable bonds is 11. The van der Waals surface area contributed by atoms with Crippen LogP contribution in [0.3, 0.4) is 0 Å². The third-order valence-corrected chi connectivity index (χ3v) is 3.65. The van der Waals surface area contributed by atoms with Gasteiger partial charge in [0.05, 0.1) is 19.8 Å². The molecule has 1 unspecified atom stereocenters. The second kappa shape index (κ2) is 10.3. The molecule has 0 aliphatic carbocycles. The summed E-state index contributed by atoms with van der Waals surface area (Å²) in [5.74, 6) is 0. The van der Waals surface area contributed by atoms with Crippen molar-refractivity contribution in [2.24, 2.45) is 0 Å². The Morgan fingerprint density at radius 2 is 1.44 bits per heavy atom. The van der Waals surface area contributed by atoms with E-state index in [1.165, 1.54) is 0 Å². The molecule has 4 nitrogen and oxygen atoms in total. The first-order valence-corrected chi connectivity index (χ1v) is 8.24. The molecule has 0 aromatic rings. The van der Waals surface area contributed by atoms with E-state index in [2.05, 4.69) is 6.92 Å². The van der Waals surface area contributed by atoms with Gasteiger partial charge in [-0.2, -0.15) is 0 Å². The molecule has 5 heteroatoms. The molecule has 0 amide bonds. The molecule has 16 heavy (non-hydrogen) atoms. The molecular formula is C11H25O4P. The van der Waals surface area contributed by atoms with Gasteiger partial charge in [0.2, 0.25) is 7.37 Å². The fourth-order valence-corrected chi connectivity index (χ4v) is 2.13. The van der Waals surface area contributed by atoms with Crippen molar-refractivity contribution in [3.05, 3.63) is 0 Å². The summed E-state index contributed by atoms with van der Waals surface area (Å²) in [6.07, 6.45) is 2.47. The molecule has 0 saturated carbocycles. The highest BCUT2D eigenvalue weighted by Gasteiger charge is 2.15. The van der Waals surface area contributed by atoms with E-state index >= 15 is 0 Å². The Morgan fingerprint density at radius 3 is 2.00 bits per heavy atom. The van der Waals surface area contributed by atoms with E-state index in [0.717, 1.165) is 26.1 Å². The van der Waals surface area contributed by atoms with Crippen molar-refractivity contribution in [1.29, 1.82) is 0 Å². The lowest BCUT2D eigenvalue weighted by atomic mass is 10.5. The first-order valence-electron chi connectivity index (χ1n) is 5.99. The van der Waals surface area contributed by atoms with Gasteiger partial charge >= 0.3 is 0 Å². The maximum atomic E-state index is 11.9. The molecule has 0 aliphatic heterocycles. The van der Waals surface area contributed by atoms with Crippen LogP contribution in [0.2, 0.25) is 0 Å². The molecule has 0 aliphatic rings. The second-order valence-corrected chi connectivity index (χ2v) is 6.53. The molecule has 0 N–H and O–H groups in total. The summed E-state index contributed by atoms with van der Waals surface area (Å²) in [5, 5.41) is 0. The lowest BCUT2D eigenvalue weighted by Gasteiger charge is -2.13. The summed E-state index contributed by atoms with van der Waals surface area (Å²) in [6.45, 7) is 8.64. The van der Waals surface area contributed by atoms with Crippen LogP contribution in [0.25, 0.3) is 0 Å². The predicted molar refractivity (Wildman–Crippen MR) is 66.6 cm³/mol. The second-order valence-electron chi connectivity index (χ2n) is 3.80. The standard InChI is InChI=1S/C11H25O4P/c1-4-6-13-8-9-15-16(3,12)11-10-14-7-5-2/h4-11H2,1-3H3. The van der Waals surface area contributed by atoms with Crippen LogP contribution in [0.1, 0.15) is 26.7 Å².